The minimum Gasteiger partial charge on any atom is -0.412 e. The van der Waals surface area contributed by atoms with Gasteiger partial charge in [0, 0.05) is 24.7 Å². The predicted octanol–water partition coefficient (Wildman–Crippen LogP) is 5.78. The van der Waals surface area contributed by atoms with E-state index in [1.807, 2.05) is 13.8 Å². The Balaban J connectivity index is 3.02. The third-order valence-corrected chi connectivity index (χ3v) is 11.5. The van der Waals surface area contributed by atoms with Gasteiger partial charge in [0.2, 0.25) is 0 Å². The van der Waals surface area contributed by atoms with Crippen LogP contribution in [0.25, 0.3) is 0 Å². The van der Waals surface area contributed by atoms with Gasteiger partial charge in [0.1, 0.15) is 11.6 Å². The van der Waals surface area contributed by atoms with Crippen molar-refractivity contribution in [3.05, 3.63) is 0 Å². The molecule has 4 heteroatoms. The van der Waals surface area contributed by atoms with E-state index in [2.05, 4.69) is 34.6 Å². The third kappa shape index (κ3) is 6.02. The first-order valence-electron chi connectivity index (χ1n) is 10.4. The first-order valence-corrected chi connectivity index (χ1v) is 12.9. The van der Waals surface area contributed by atoms with Crippen LogP contribution in [0.1, 0.15) is 80.6 Å². The van der Waals surface area contributed by atoms with Crippen LogP contribution in [0.4, 0.5) is 0 Å². The highest BCUT2D eigenvalue weighted by Crippen LogP contribution is 2.37. The zero-order valence-corrected chi connectivity index (χ0v) is 18.6. The number of carbonyl (C=O) groups excluding carboxylic acids is 2. The van der Waals surface area contributed by atoms with Crippen LogP contribution in [0.15, 0.2) is 0 Å². The lowest BCUT2D eigenvalue weighted by atomic mass is 9.77. The van der Waals surface area contributed by atoms with E-state index in [-0.39, 0.29) is 23.4 Å². The summed E-state index contributed by atoms with van der Waals surface area (Å²) >= 11 is 0. The van der Waals surface area contributed by atoms with Gasteiger partial charge >= 0.3 is 0 Å². The van der Waals surface area contributed by atoms with E-state index in [1.54, 1.807) is 0 Å². The van der Waals surface area contributed by atoms with Crippen molar-refractivity contribution in [2.24, 2.45) is 17.8 Å². The Kier molecular flexibility index (Phi) is 8.53. The van der Waals surface area contributed by atoms with E-state index in [9.17, 15) is 9.59 Å². The summed E-state index contributed by atoms with van der Waals surface area (Å²) < 4.78 is 6.83. The van der Waals surface area contributed by atoms with Gasteiger partial charge in [0.15, 0.2) is 8.32 Å². The molecule has 1 aliphatic carbocycles. The Labute approximate surface area is 156 Å². The summed E-state index contributed by atoms with van der Waals surface area (Å²) in [6, 6.07) is 3.36. The molecule has 1 aliphatic rings. The second-order valence-corrected chi connectivity index (χ2v) is 13.4. The average Bonchev–Trinajstić information content (AvgIpc) is 2.59. The van der Waals surface area contributed by atoms with Crippen molar-refractivity contribution < 1.29 is 14.0 Å². The van der Waals surface area contributed by atoms with Crippen LogP contribution < -0.4 is 0 Å². The highest BCUT2D eigenvalue weighted by atomic mass is 28.4. The summed E-state index contributed by atoms with van der Waals surface area (Å²) in [5, 5.41) is 0. The minimum atomic E-state index is -1.74. The summed E-state index contributed by atoms with van der Waals surface area (Å²) in [5.74, 6) is 0.911. The second-order valence-electron chi connectivity index (χ2n) is 8.70. The molecule has 1 fully saturated rings. The fourth-order valence-corrected chi connectivity index (χ4v) is 7.34. The van der Waals surface area contributed by atoms with Crippen LogP contribution in [0, 0.1) is 17.8 Å². The van der Waals surface area contributed by atoms with Gasteiger partial charge in [-0.3, -0.25) is 9.59 Å². The predicted molar refractivity (Wildman–Crippen MR) is 107 cm³/mol. The SMILES string of the molecule is CC[Si](CC)(CC)OC(C)(C)[C@@H]1CC[C@H](C)C(=O)CC[C@H](C)C(=O)C1. The molecule has 0 heterocycles. The van der Waals surface area contributed by atoms with Crippen LogP contribution in [-0.2, 0) is 14.0 Å². The van der Waals surface area contributed by atoms with E-state index in [0.29, 0.717) is 30.8 Å². The number of ketones is 2. The van der Waals surface area contributed by atoms with Gasteiger partial charge in [-0.2, -0.15) is 0 Å². The molecule has 0 aromatic heterocycles. The molecule has 0 aromatic carbocycles. The number of Topliss-reactive ketones (excluding diaryl/α,β-unsaturated/α-hetero) is 2. The molecule has 25 heavy (non-hydrogen) atoms. The van der Waals surface area contributed by atoms with Crippen LogP contribution >= 0.6 is 0 Å². The van der Waals surface area contributed by atoms with Gasteiger partial charge in [-0.05, 0) is 57.2 Å². The molecule has 0 aliphatic heterocycles. The van der Waals surface area contributed by atoms with Gasteiger partial charge in [-0.25, -0.2) is 0 Å². The Morgan fingerprint density at radius 2 is 1.44 bits per heavy atom. The van der Waals surface area contributed by atoms with Crippen LogP contribution in [0.3, 0.4) is 0 Å². The fourth-order valence-electron chi connectivity index (χ4n) is 4.13. The minimum absolute atomic E-state index is 0.0157. The largest absolute Gasteiger partial charge is 0.412 e. The van der Waals surface area contributed by atoms with E-state index in [1.165, 1.54) is 0 Å². The first kappa shape index (κ1) is 22.6. The smallest absolute Gasteiger partial charge is 0.192 e. The molecule has 0 N–H and O–H groups in total. The van der Waals surface area contributed by atoms with Gasteiger partial charge in [0.25, 0.3) is 0 Å². The molecule has 0 aromatic rings. The average molecular weight is 369 g/mol. The van der Waals surface area contributed by atoms with E-state index in [0.717, 1.165) is 31.0 Å². The second kappa shape index (κ2) is 9.45. The van der Waals surface area contributed by atoms with Crippen molar-refractivity contribution in [1.29, 1.82) is 0 Å². The number of hydrogen-bond acceptors (Lipinski definition) is 3. The van der Waals surface area contributed by atoms with Crippen molar-refractivity contribution in [3.63, 3.8) is 0 Å². The summed E-state index contributed by atoms with van der Waals surface area (Å²) in [4.78, 5) is 25.0. The highest BCUT2D eigenvalue weighted by Gasteiger charge is 2.41. The van der Waals surface area contributed by atoms with E-state index < -0.39 is 8.32 Å². The molecule has 0 radical (unpaired) electrons. The molecule has 146 valence electrons. The molecular formula is C21H40O3Si. The van der Waals surface area contributed by atoms with Gasteiger partial charge in [0.05, 0.1) is 5.60 Å². The zero-order valence-electron chi connectivity index (χ0n) is 17.6. The zero-order chi connectivity index (χ0) is 19.3. The van der Waals surface area contributed by atoms with Crippen molar-refractivity contribution in [2.75, 3.05) is 0 Å². The molecule has 3 atom stereocenters. The van der Waals surface area contributed by atoms with Crippen LogP contribution in [0.5, 0.6) is 0 Å². The first-order chi connectivity index (χ1) is 11.6. The Morgan fingerprint density at radius 1 is 0.920 bits per heavy atom. The lowest BCUT2D eigenvalue weighted by Crippen LogP contribution is -2.48. The lowest BCUT2D eigenvalue weighted by Gasteiger charge is -2.43. The van der Waals surface area contributed by atoms with Crippen molar-refractivity contribution in [3.8, 4) is 0 Å². The summed E-state index contributed by atoms with van der Waals surface area (Å²) in [6.07, 6.45) is 3.62. The summed E-state index contributed by atoms with van der Waals surface area (Å²) in [7, 11) is -1.74. The van der Waals surface area contributed by atoms with E-state index in [4.69, 9.17) is 4.43 Å². The fraction of sp³-hybridized carbons (Fsp3) is 0.905. The molecule has 3 nitrogen and oxygen atoms in total. The molecule has 0 saturated heterocycles. The molecule has 0 bridgehead atoms. The van der Waals surface area contributed by atoms with Crippen LogP contribution in [-0.4, -0.2) is 25.5 Å². The Morgan fingerprint density at radius 3 is 1.96 bits per heavy atom. The molecule has 1 saturated carbocycles. The molecule has 0 spiro atoms. The highest BCUT2D eigenvalue weighted by molar-refractivity contribution is 6.73. The Hall–Kier alpha value is -0.483. The van der Waals surface area contributed by atoms with Crippen molar-refractivity contribution in [1.82, 2.24) is 0 Å². The normalized spacial score (nSPS) is 27.4. The standard InChI is InChI=1S/C21H40O3Si/c1-8-25(9-2,10-3)24-21(6,7)18-13-11-16(4)19(22)14-12-17(5)20(23)15-18/h16-18H,8-15H2,1-7H3/t16-,17-,18+/m0/s1. The van der Waals surface area contributed by atoms with Gasteiger partial charge in [-0.15, -0.1) is 0 Å². The summed E-state index contributed by atoms with van der Waals surface area (Å²) in [6.45, 7) is 15.1. The topological polar surface area (TPSA) is 43.4 Å². The number of hydrogen-bond donors (Lipinski definition) is 0. The molecule has 1 rings (SSSR count). The van der Waals surface area contributed by atoms with Gasteiger partial charge in [-0.1, -0.05) is 34.6 Å². The maximum Gasteiger partial charge on any atom is 0.192 e. The number of carbonyl (C=O) groups is 2. The third-order valence-electron chi connectivity index (χ3n) is 6.71. The Bertz CT molecular complexity index is 446. The van der Waals surface area contributed by atoms with Crippen LogP contribution in [0.2, 0.25) is 18.1 Å². The quantitative estimate of drug-likeness (QED) is 0.558. The maximum atomic E-state index is 12.7. The van der Waals surface area contributed by atoms with Crippen molar-refractivity contribution >= 4 is 19.9 Å². The van der Waals surface area contributed by atoms with E-state index >= 15 is 0 Å². The number of rotatable bonds is 6. The lowest BCUT2D eigenvalue weighted by molar-refractivity contribution is -0.128. The maximum absolute atomic E-state index is 12.7. The molecular weight excluding hydrogens is 328 g/mol. The monoisotopic (exact) mass is 368 g/mol. The van der Waals surface area contributed by atoms with Crippen molar-refractivity contribution in [2.45, 2.75) is 104 Å². The van der Waals surface area contributed by atoms with Gasteiger partial charge < -0.3 is 4.43 Å². The molecule has 0 unspecified atom stereocenters. The summed E-state index contributed by atoms with van der Waals surface area (Å²) in [5.41, 5.74) is -0.300. The molecule has 0 amide bonds.